The zero-order valence-electron chi connectivity index (χ0n) is 12.1. The van der Waals surface area contributed by atoms with Gasteiger partial charge < -0.3 is 16.0 Å². The number of aromatic nitrogens is 2. The van der Waals surface area contributed by atoms with Gasteiger partial charge in [-0.2, -0.15) is 0 Å². The van der Waals surface area contributed by atoms with Crippen molar-refractivity contribution in [2.24, 2.45) is 0 Å². The molecule has 23 heavy (non-hydrogen) atoms. The van der Waals surface area contributed by atoms with E-state index >= 15 is 0 Å². The second-order valence-electron chi connectivity index (χ2n) is 4.61. The molecule has 4 N–H and O–H groups in total. The van der Waals surface area contributed by atoms with E-state index in [2.05, 4.69) is 15.3 Å². The molecule has 2 aromatic rings. The number of halogens is 2. The Morgan fingerprint density at radius 2 is 2.13 bits per heavy atom. The fourth-order valence-electron chi connectivity index (χ4n) is 1.76. The van der Waals surface area contributed by atoms with Crippen molar-refractivity contribution in [1.29, 1.82) is 0 Å². The SMILES string of the molecule is CCC(Sc1nc(N)cc(=O)[nH]1)C(=O)Nc1ccc(Cl)c(Cl)c1. The minimum Gasteiger partial charge on any atom is -0.383 e. The van der Waals surface area contributed by atoms with Crippen LogP contribution in [0.3, 0.4) is 0 Å². The highest BCUT2D eigenvalue weighted by molar-refractivity contribution is 8.00. The third-order valence-electron chi connectivity index (χ3n) is 2.84. The van der Waals surface area contributed by atoms with Crippen LogP contribution < -0.4 is 16.6 Å². The van der Waals surface area contributed by atoms with Gasteiger partial charge >= 0.3 is 0 Å². The molecule has 2 rings (SSSR count). The number of anilines is 2. The molecule has 0 aliphatic carbocycles. The third-order valence-corrected chi connectivity index (χ3v) is 4.83. The topological polar surface area (TPSA) is 101 Å². The van der Waals surface area contributed by atoms with Gasteiger partial charge in [-0.05, 0) is 24.6 Å². The molecule has 1 aromatic heterocycles. The van der Waals surface area contributed by atoms with Crippen LogP contribution in [0.15, 0.2) is 34.2 Å². The number of thioether (sulfide) groups is 1. The second-order valence-corrected chi connectivity index (χ2v) is 6.61. The number of nitrogens with two attached hydrogens (primary N) is 1. The van der Waals surface area contributed by atoms with E-state index in [1.807, 2.05) is 6.92 Å². The summed E-state index contributed by atoms with van der Waals surface area (Å²) in [6.07, 6.45) is 0.538. The van der Waals surface area contributed by atoms with Crippen molar-refractivity contribution in [3.8, 4) is 0 Å². The van der Waals surface area contributed by atoms with Gasteiger partial charge in [-0.1, -0.05) is 41.9 Å². The molecule has 6 nitrogen and oxygen atoms in total. The summed E-state index contributed by atoms with van der Waals surface area (Å²) in [5.74, 6) is -0.128. The molecular weight excluding hydrogens is 359 g/mol. The molecule has 1 heterocycles. The zero-order chi connectivity index (χ0) is 17.0. The Balaban J connectivity index is 2.11. The minimum atomic E-state index is -0.450. The Morgan fingerprint density at radius 3 is 2.74 bits per heavy atom. The summed E-state index contributed by atoms with van der Waals surface area (Å²) in [6, 6.07) is 6.01. The summed E-state index contributed by atoms with van der Waals surface area (Å²) in [6.45, 7) is 1.86. The van der Waals surface area contributed by atoms with E-state index in [1.54, 1.807) is 18.2 Å². The summed E-state index contributed by atoms with van der Waals surface area (Å²) in [5, 5.41) is 3.37. The van der Waals surface area contributed by atoms with Gasteiger partial charge in [0.05, 0.1) is 15.3 Å². The van der Waals surface area contributed by atoms with Crippen LogP contribution >= 0.6 is 35.0 Å². The van der Waals surface area contributed by atoms with Crippen molar-refractivity contribution in [2.45, 2.75) is 23.8 Å². The monoisotopic (exact) mass is 372 g/mol. The van der Waals surface area contributed by atoms with Gasteiger partial charge in [0.2, 0.25) is 5.91 Å². The first kappa shape index (κ1) is 17.7. The van der Waals surface area contributed by atoms with Crippen LogP contribution in [0.4, 0.5) is 11.5 Å². The molecule has 0 spiro atoms. The predicted octanol–water partition coefficient (Wildman–Crippen LogP) is 3.17. The molecule has 1 unspecified atom stereocenters. The van der Waals surface area contributed by atoms with Gasteiger partial charge in [-0.3, -0.25) is 9.59 Å². The summed E-state index contributed by atoms with van der Waals surface area (Å²) in [5.41, 5.74) is 5.71. The third kappa shape index (κ3) is 4.89. The van der Waals surface area contributed by atoms with Crippen LogP contribution in [0.5, 0.6) is 0 Å². The van der Waals surface area contributed by atoms with Crippen molar-refractivity contribution in [2.75, 3.05) is 11.1 Å². The number of hydrogen-bond acceptors (Lipinski definition) is 5. The number of H-pyrrole nitrogens is 1. The number of amides is 1. The number of nitrogen functional groups attached to an aromatic ring is 1. The average molecular weight is 373 g/mol. The number of benzene rings is 1. The number of hydrogen-bond donors (Lipinski definition) is 3. The number of rotatable bonds is 5. The molecule has 0 fully saturated rings. The molecule has 0 aliphatic heterocycles. The number of carbonyl (C=O) groups is 1. The van der Waals surface area contributed by atoms with Gasteiger partial charge in [0, 0.05) is 11.8 Å². The molecule has 1 atom stereocenters. The molecular formula is C14H14Cl2N4O2S. The molecule has 0 radical (unpaired) electrons. The summed E-state index contributed by atoms with van der Waals surface area (Å²) < 4.78 is 0. The molecule has 1 amide bonds. The van der Waals surface area contributed by atoms with Crippen LogP contribution in [0.2, 0.25) is 10.0 Å². The summed E-state index contributed by atoms with van der Waals surface area (Å²) >= 11 is 12.9. The number of nitrogens with zero attached hydrogens (tertiary/aromatic N) is 1. The van der Waals surface area contributed by atoms with Crippen molar-refractivity contribution in [3.05, 3.63) is 44.7 Å². The summed E-state index contributed by atoms with van der Waals surface area (Å²) in [7, 11) is 0. The van der Waals surface area contributed by atoms with Gasteiger partial charge in [0.15, 0.2) is 5.16 Å². The summed E-state index contributed by atoms with van der Waals surface area (Å²) in [4.78, 5) is 30.3. The highest BCUT2D eigenvalue weighted by Crippen LogP contribution is 2.27. The number of nitrogens with one attached hydrogen (secondary N) is 2. The number of aromatic amines is 1. The molecule has 0 saturated heterocycles. The van der Waals surface area contributed by atoms with Crippen molar-refractivity contribution < 1.29 is 4.79 Å². The maximum Gasteiger partial charge on any atom is 0.253 e. The lowest BCUT2D eigenvalue weighted by Crippen LogP contribution is -2.25. The smallest absolute Gasteiger partial charge is 0.253 e. The Morgan fingerprint density at radius 1 is 1.39 bits per heavy atom. The minimum absolute atomic E-state index is 0.107. The van der Waals surface area contributed by atoms with E-state index in [0.717, 1.165) is 11.8 Å². The van der Waals surface area contributed by atoms with E-state index in [1.165, 1.54) is 6.07 Å². The van der Waals surface area contributed by atoms with Crippen molar-refractivity contribution >= 4 is 52.4 Å². The first-order valence-corrected chi connectivity index (χ1v) is 8.32. The van der Waals surface area contributed by atoms with E-state index in [9.17, 15) is 9.59 Å². The van der Waals surface area contributed by atoms with Crippen LogP contribution in [0.25, 0.3) is 0 Å². The highest BCUT2D eigenvalue weighted by Gasteiger charge is 2.20. The Bertz CT molecular complexity index is 782. The Kier molecular flexibility index (Phi) is 5.92. The largest absolute Gasteiger partial charge is 0.383 e. The van der Waals surface area contributed by atoms with Crippen molar-refractivity contribution in [3.63, 3.8) is 0 Å². The quantitative estimate of drug-likeness (QED) is 0.552. The number of carbonyl (C=O) groups excluding carboxylic acids is 1. The van der Waals surface area contributed by atoms with E-state index < -0.39 is 5.25 Å². The van der Waals surface area contributed by atoms with Gasteiger partial charge in [0.25, 0.3) is 5.56 Å². The van der Waals surface area contributed by atoms with Crippen LogP contribution in [0.1, 0.15) is 13.3 Å². The normalized spacial score (nSPS) is 12.0. The van der Waals surface area contributed by atoms with Crippen LogP contribution in [-0.2, 0) is 4.79 Å². The highest BCUT2D eigenvalue weighted by atomic mass is 35.5. The first-order chi connectivity index (χ1) is 10.9. The second kappa shape index (κ2) is 7.72. The van der Waals surface area contributed by atoms with Crippen molar-refractivity contribution in [1.82, 2.24) is 9.97 Å². The van der Waals surface area contributed by atoms with Crippen LogP contribution in [-0.4, -0.2) is 21.1 Å². The fourth-order valence-corrected chi connectivity index (χ4v) is 2.98. The molecule has 1 aromatic carbocycles. The lowest BCUT2D eigenvalue weighted by atomic mass is 10.2. The fraction of sp³-hybridized carbons (Fsp3) is 0.214. The van der Waals surface area contributed by atoms with Gasteiger partial charge in [-0.15, -0.1) is 0 Å². The Labute approximate surface area is 146 Å². The predicted molar refractivity (Wildman–Crippen MR) is 94.3 cm³/mol. The van der Waals surface area contributed by atoms with Gasteiger partial charge in [-0.25, -0.2) is 4.98 Å². The molecule has 9 heteroatoms. The van der Waals surface area contributed by atoms with E-state index in [4.69, 9.17) is 28.9 Å². The first-order valence-electron chi connectivity index (χ1n) is 6.68. The maximum absolute atomic E-state index is 12.4. The lowest BCUT2D eigenvalue weighted by Gasteiger charge is -2.14. The maximum atomic E-state index is 12.4. The zero-order valence-corrected chi connectivity index (χ0v) is 14.4. The van der Waals surface area contributed by atoms with Crippen LogP contribution in [0, 0.1) is 0 Å². The molecule has 0 saturated carbocycles. The molecule has 0 aliphatic rings. The lowest BCUT2D eigenvalue weighted by molar-refractivity contribution is -0.115. The standard InChI is InChI=1S/C14H14Cl2N4O2S/c1-2-10(23-14-19-11(17)6-12(21)20-14)13(22)18-7-3-4-8(15)9(16)5-7/h3-6,10H,2H2,1H3,(H,18,22)(H3,17,19,20,21). The van der Waals surface area contributed by atoms with E-state index in [0.29, 0.717) is 27.3 Å². The average Bonchev–Trinajstić information content (AvgIpc) is 2.47. The molecule has 0 bridgehead atoms. The Hall–Kier alpha value is -1.70. The van der Waals surface area contributed by atoms with Gasteiger partial charge in [0.1, 0.15) is 5.82 Å². The molecule has 122 valence electrons. The van der Waals surface area contributed by atoms with E-state index in [-0.39, 0.29) is 17.3 Å².